The highest BCUT2D eigenvalue weighted by Gasteiger charge is 2.23. The normalized spacial score (nSPS) is 20.0. The summed E-state index contributed by atoms with van der Waals surface area (Å²) in [7, 11) is 3.51. The molecule has 2 aliphatic rings. The van der Waals surface area contributed by atoms with Gasteiger partial charge in [-0.25, -0.2) is 15.0 Å². The average Bonchev–Trinajstić information content (AvgIpc) is 2.58. The minimum absolute atomic E-state index is 0.126. The van der Waals surface area contributed by atoms with E-state index in [-0.39, 0.29) is 22.2 Å². The minimum Gasteiger partial charge on any atom is -0.452 e. The standard InChI is InChI=1S/C16H16Cl2N4O2/c1-22-9-5-8-19-16(22)15-20-13(17)12(14(18)21-15)24-11-7-4-3-6-10(11)23-2/h3-5,7-8,10H,6,9H2,1-2H3. The molecule has 6 nitrogen and oxygen atoms in total. The number of rotatable bonds is 4. The fourth-order valence-corrected chi connectivity index (χ4v) is 2.81. The van der Waals surface area contributed by atoms with Crippen molar-refractivity contribution in [2.45, 2.75) is 12.5 Å². The molecule has 1 atom stereocenters. The van der Waals surface area contributed by atoms with Crippen LogP contribution in [0.4, 0.5) is 0 Å². The van der Waals surface area contributed by atoms with Crippen molar-refractivity contribution in [3.05, 3.63) is 52.4 Å². The molecular formula is C16H16Cl2N4O2. The van der Waals surface area contributed by atoms with Crippen molar-refractivity contribution in [1.29, 1.82) is 0 Å². The van der Waals surface area contributed by atoms with Crippen molar-refractivity contribution in [3.63, 3.8) is 0 Å². The Hall–Kier alpha value is -1.89. The van der Waals surface area contributed by atoms with Crippen LogP contribution in [0.5, 0.6) is 5.75 Å². The summed E-state index contributed by atoms with van der Waals surface area (Å²) < 4.78 is 11.2. The molecule has 1 aliphatic carbocycles. The molecule has 0 fully saturated rings. The van der Waals surface area contributed by atoms with Crippen LogP contribution >= 0.6 is 23.2 Å². The number of hydrogen-bond donors (Lipinski definition) is 0. The monoisotopic (exact) mass is 366 g/mol. The van der Waals surface area contributed by atoms with Crippen LogP contribution < -0.4 is 4.74 Å². The molecule has 1 aromatic heterocycles. The first-order chi connectivity index (χ1) is 11.6. The maximum absolute atomic E-state index is 6.27. The lowest BCUT2D eigenvalue weighted by Crippen LogP contribution is -2.31. The SMILES string of the molecule is COC1CC=CC=C1Oc1c(Cl)nc(C2=NC=CCN2C)nc1Cl. The summed E-state index contributed by atoms with van der Waals surface area (Å²) in [6.07, 6.45) is 9.84. The van der Waals surface area contributed by atoms with Gasteiger partial charge in [-0.3, -0.25) is 0 Å². The third-order valence-electron chi connectivity index (χ3n) is 3.59. The van der Waals surface area contributed by atoms with Crippen molar-refractivity contribution >= 4 is 29.0 Å². The summed E-state index contributed by atoms with van der Waals surface area (Å²) in [5, 5.41) is 0.252. The van der Waals surface area contributed by atoms with Gasteiger partial charge >= 0.3 is 0 Å². The molecule has 0 saturated carbocycles. The zero-order chi connectivity index (χ0) is 17.1. The predicted octanol–water partition coefficient (Wildman–Crippen LogP) is 3.23. The number of hydrogen-bond acceptors (Lipinski definition) is 6. The first-order valence-electron chi connectivity index (χ1n) is 7.35. The van der Waals surface area contributed by atoms with E-state index in [4.69, 9.17) is 32.7 Å². The van der Waals surface area contributed by atoms with Crippen molar-refractivity contribution in [2.24, 2.45) is 4.99 Å². The van der Waals surface area contributed by atoms with Gasteiger partial charge in [-0.15, -0.1) is 0 Å². The molecule has 0 amide bonds. The average molecular weight is 367 g/mol. The van der Waals surface area contributed by atoms with Gasteiger partial charge in [-0.05, 0) is 18.6 Å². The number of likely N-dealkylation sites (N-methyl/N-ethyl adjacent to an activating group) is 1. The molecule has 0 N–H and O–H groups in total. The molecule has 0 radical (unpaired) electrons. The van der Waals surface area contributed by atoms with Crippen LogP contribution in [-0.4, -0.2) is 47.5 Å². The molecule has 126 valence electrons. The van der Waals surface area contributed by atoms with E-state index in [1.807, 2.05) is 36.3 Å². The molecule has 0 saturated heterocycles. The van der Waals surface area contributed by atoms with E-state index in [2.05, 4.69) is 15.0 Å². The Bertz CT molecular complexity index is 735. The minimum atomic E-state index is -0.194. The highest BCUT2D eigenvalue weighted by atomic mass is 35.5. The number of nitrogens with zero attached hydrogens (tertiary/aromatic N) is 4. The Morgan fingerprint density at radius 1 is 1.21 bits per heavy atom. The quantitative estimate of drug-likeness (QED) is 0.765. The Balaban J connectivity index is 1.91. The second kappa shape index (κ2) is 7.34. The van der Waals surface area contributed by atoms with Gasteiger partial charge in [-0.2, -0.15) is 0 Å². The molecule has 1 unspecified atom stereocenters. The van der Waals surface area contributed by atoms with Gasteiger partial charge in [0.05, 0.1) is 0 Å². The summed E-state index contributed by atoms with van der Waals surface area (Å²) in [6.45, 7) is 0.713. The lowest BCUT2D eigenvalue weighted by Gasteiger charge is -2.22. The van der Waals surface area contributed by atoms with Gasteiger partial charge < -0.3 is 14.4 Å². The van der Waals surface area contributed by atoms with Gasteiger partial charge in [0.1, 0.15) is 11.9 Å². The third kappa shape index (κ3) is 3.45. The van der Waals surface area contributed by atoms with Crippen molar-refractivity contribution in [3.8, 4) is 5.75 Å². The summed E-state index contributed by atoms with van der Waals surface area (Å²) >= 11 is 12.5. The van der Waals surface area contributed by atoms with E-state index in [1.165, 1.54) is 0 Å². The number of methoxy groups -OCH3 is 1. The number of aromatic nitrogens is 2. The van der Waals surface area contributed by atoms with Crippen molar-refractivity contribution < 1.29 is 9.47 Å². The fraction of sp³-hybridized carbons (Fsp3) is 0.312. The molecule has 3 rings (SSSR count). The van der Waals surface area contributed by atoms with Gasteiger partial charge in [0, 0.05) is 26.9 Å². The second-order valence-corrected chi connectivity index (χ2v) is 5.95. The molecular weight excluding hydrogens is 351 g/mol. The maximum Gasteiger partial charge on any atom is 0.201 e. The molecule has 1 aromatic rings. The van der Waals surface area contributed by atoms with E-state index in [1.54, 1.807) is 13.3 Å². The van der Waals surface area contributed by atoms with Crippen molar-refractivity contribution in [2.75, 3.05) is 20.7 Å². The predicted molar refractivity (Wildman–Crippen MR) is 93.6 cm³/mol. The summed E-state index contributed by atoms with van der Waals surface area (Å²) in [6, 6.07) is 0. The van der Waals surface area contributed by atoms with Gasteiger partial charge in [0.15, 0.2) is 22.0 Å². The number of aliphatic imine (C=N–C) groups is 1. The molecule has 2 heterocycles. The van der Waals surface area contributed by atoms with E-state index in [0.717, 1.165) is 0 Å². The Morgan fingerprint density at radius 2 is 1.96 bits per heavy atom. The third-order valence-corrected chi connectivity index (χ3v) is 4.11. The smallest absolute Gasteiger partial charge is 0.201 e. The van der Waals surface area contributed by atoms with Crippen LogP contribution in [0, 0.1) is 0 Å². The lowest BCUT2D eigenvalue weighted by molar-refractivity contribution is 0.0995. The highest BCUT2D eigenvalue weighted by Crippen LogP contribution is 2.33. The van der Waals surface area contributed by atoms with Gasteiger partial charge in [-0.1, -0.05) is 35.4 Å². The lowest BCUT2D eigenvalue weighted by atomic mass is 10.1. The van der Waals surface area contributed by atoms with E-state index >= 15 is 0 Å². The number of ether oxygens (including phenoxy) is 2. The molecule has 0 spiro atoms. The number of halogens is 2. The van der Waals surface area contributed by atoms with Crippen LogP contribution in [0.25, 0.3) is 0 Å². The van der Waals surface area contributed by atoms with Crippen LogP contribution in [0.2, 0.25) is 10.3 Å². The number of allylic oxidation sites excluding steroid dienone is 2. The van der Waals surface area contributed by atoms with E-state index in [0.29, 0.717) is 30.4 Å². The topological polar surface area (TPSA) is 59.8 Å². The number of amidine groups is 1. The first kappa shape index (κ1) is 17.0. The Morgan fingerprint density at radius 3 is 2.62 bits per heavy atom. The molecule has 0 aromatic carbocycles. The Labute approximate surface area is 150 Å². The van der Waals surface area contributed by atoms with E-state index in [9.17, 15) is 0 Å². The Kier molecular flexibility index (Phi) is 5.18. The van der Waals surface area contributed by atoms with Crippen LogP contribution in [0.1, 0.15) is 12.2 Å². The summed E-state index contributed by atoms with van der Waals surface area (Å²) in [4.78, 5) is 14.7. The second-order valence-electron chi connectivity index (χ2n) is 5.24. The maximum atomic E-state index is 6.27. The molecule has 8 heteroatoms. The van der Waals surface area contributed by atoms with Gasteiger partial charge in [0.25, 0.3) is 0 Å². The van der Waals surface area contributed by atoms with Crippen LogP contribution in [0.3, 0.4) is 0 Å². The largest absolute Gasteiger partial charge is 0.452 e. The highest BCUT2D eigenvalue weighted by molar-refractivity contribution is 6.36. The van der Waals surface area contributed by atoms with E-state index < -0.39 is 0 Å². The first-order valence-corrected chi connectivity index (χ1v) is 8.10. The molecule has 0 bridgehead atoms. The van der Waals surface area contributed by atoms with Crippen LogP contribution in [0.15, 0.2) is 41.3 Å². The molecule has 24 heavy (non-hydrogen) atoms. The summed E-state index contributed by atoms with van der Waals surface area (Å²) in [5.74, 6) is 1.77. The zero-order valence-electron chi connectivity index (χ0n) is 13.2. The van der Waals surface area contributed by atoms with Crippen molar-refractivity contribution in [1.82, 2.24) is 14.9 Å². The van der Waals surface area contributed by atoms with Crippen LogP contribution in [-0.2, 0) is 4.74 Å². The van der Waals surface area contributed by atoms with Gasteiger partial charge in [0.2, 0.25) is 5.75 Å². The fourth-order valence-electron chi connectivity index (χ4n) is 2.34. The summed E-state index contributed by atoms with van der Waals surface area (Å²) in [5.41, 5.74) is 0. The molecule has 1 aliphatic heterocycles. The zero-order valence-corrected chi connectivity index (χ0v) is 14.8.